The molecule has 0 radical (unpaired) electrons. The Morgan fingerprint density at radius 1 is 1.21 bits per heavy atom. The second-order valence-electron chi connectivity index (χ2n) is 6.08. The summed E-state index contributed by atoms with van der Waals surface area (Å²) in [5.74, 6) is 0.549. The van der Waals surface area contributed by atoms with Crippen molar-refractivity contribution in [2.45, 2.75) is 45.1 Å². The fourth-order valence-corrected chi connectivity index (χ4v) is 3.06. The minimum Gasteiger partial charge on any atom is -0.495 e. The number of anilines is 1. The number of carbonyl (C=O) groups excluding carboxylic acids is 2. The maximum absolute atomic E-state index is 12.0. The number of nitrogens with one attached hydrogen (secondary N) is 2. The molecule has 1 fully saturated rings. The predicted molar refractivity (Wildman–Crippen MR) is 94.4 cm³/mol. The summed E-state index contributed by atoms with van der Waals surface area (Å²) in [6, 6.07) is 7.48. The average Bonchev–Trinajstić information content (AvgIpc) is 2.59. The SMILES string of the molecule is COc1ccccc1N(CCNC(=O)NC1CCCCC1)C(C)=O. The molecule has 0 aromatic heterocycles. The Hall–Kier alpha value is -2.24. The lowest BCUT2D eigenvalue weighted by Gasteiger charge is -2.25. The molecular weight excluding hydrogens is 306 g/mol. The van der Waals surface area contributed by atoms with E-state index in [4.69, 9.17) is 4.74 Å². The van der Waals surface area contributed by atoms with E-state index in [2.05, 4.69) is 10.6 Å². The summed E-state index contributed by atoms with van der Waals surface area (Å²) in [6.07, 6.45) is 5.71. The van der Waals surface area contributed by atoms with Gasteiger partial charge in [-0.1, -0.05) is 31.4 Å². The number of amides is 3. The molecule has 0 heterocycles. The van der Waals surface area contributed by atoms with Gasteiger partial charge in [0.2, 0.25) is 5.91 Å². The summed E-state index contributed by atoms with van der Waals surface area (Å²) in [6.45, 7) is 2.29. The molecule has 1 saturated carbocycles. The van der Waals surface area contributed by atoms with Gasteiger partial charge in [-0.2, -0.15) is 0 Å². The Morgan fingerprint density at radius 3 is 2.58 bits per heavy atom. The molecule has 1 aliphatic rings. The fraction of sp³-hybridized carbons (Fsp3) is 0.556. The smallest absolute Gasteiger partial charge is 0.315 e. The lowest BCUT2D eigenvalue weighted by atomic mass is 9.96. The maximum Gasteiger partial charge on any atom is 0.315 e. The van der Waals surface area contributed by atoms with Gasteiger partial charge in [0.15, 0.2) is 0 Å². The summed E-state index contributed by atoms with van der Waals surface area (Å²) in [4.78, 5) is 25.5. The molecule has 0 atom stereocenters. The van der Waals surface area contributed by atoms with E-state index in [1.165, 1.54) is 26.2 Å². The average molecular weight is 333 g/mol. The van der Waals surface area contributed by atoms with Crippen LogP contribution in [-0.4, -0.2) is 38.2 Å². The van der Waals surface area contributed by atoms with Crippen molar-refractivity contribution in [2.75, 3.05) is 25.1 Å². The third kappa shape index (κ3) is 5.15. The van der Waals surface area contributed by atoms with Gasteiger partial charge >= 0.3 is 6.03 Å². The molecule has 0 unspecified atom stereocenters. The van der Waals surface area contributed by atoms with Crippen LogP contribution in [0.2, 0.25) is 0 Å². The van der Waals surface area contributed by atoms with Gasteiger partial charge in [-0.25, -0.2) is 4.79 Å². The van der Waals surface area contributed by atoms with Crippen molar-refractivity contribution < 1.29 is 14.3 Å². The molecule has 0 spiro atoms. The Labute approximate surface area is 143 Å². The van der Waals surface area contributed by atoms with Gasteiger partial charge in [-0.05, 0) is 25.0 Å². The number of carbonyl (C=O) groups is 2. The van der Waals surface area contributed by atoms with Crippen molar-refractivity contribution >= 4 is 17.6 Å². The number of ether oxygens (including phenoxy) is 1. The van der Waals surface area contributed by atoms with Crippen LogP contribution in [0, 0.1) is 0 Å². The number of rotatable bonds is 6. The molecule has 3 amide bonds. The molecule has 1 aromatic carbocycles. The Morgan fingerprint density at radius 2 is 1.92 bits per heavy atom. The van der Waals surface area contributed by atoms with E-state index in [0.29, 0.717) is 24.5 Å². The zero-order valence-corrected chi connectivity index (χ0v) is 14.5. The standard InChI is InChI=1S/C18H27N3O3/c1-14(22)21(16-10-6-7-11-17(16)24-2)13-12-19-18(23)20-15-8-4-3-5-9-15/h6-7,10-11,15H,3-5,8-9,12-13H2,1-2H3,(H2,19,20,23). The van der Waals surface area contributed by atoms with Crippen molar-refractivity contribution in [1.29, 1.82) is 0 Å². The van der Waals surface area contributed by atoms with Crippen molar-refractivity contribution in [3.05, 3.63) is 24.3 Å². The number of hydrogen-bond acceptors (Lipinski definition) is 3. The number of urea groups is 1. The van der Waals surface area contributed by atoms with E-state index in [9.17, 15) is 9.59 Å². The minimum absolute atomic E-state index is 0.0889. The Balaban J connectivity index is 1.85. The largest absolute Gasteiger partial charge is 0.495 e. The highest BCUT2D eigenvalue weighted by Gasteiger charge is 2.17. The first-order chi connectivity index (χ1) is 11.6. The fourth-order valence-electron chi connectivity index (χ4n) is 3.06. The molecule has 1 aromatic rings. The molecule has 0 aliphatic heterocycles. The lowest BCUT2D eigenvalue weighted by Crippen LogP contribution is -2.45. The summed E-state index contributed by atoms with van der Waals surface area (Å²) >= 11 is 0. The van der Waals surface area contributed by atoms with E-state index < -0.39 is 0 Å². The number of nitrogens with zero attached hydrogens (tertiary/aromatic N) is 1. The third-order valence-electron chi connectivity index (χ3n) is 4.32. The highest BCUT2D eigenvalue weighted by Crippen LogP contribution is 2.27. The van der Waals surface area contributed by atoms with Crippen molar-refractivity contribution in [3.63, 3.8) is 0 Å². The lowest BCUT2D eigenvalue weighted by molar-refractivity contribution is -0.116. The number of para-hydroxylation sites is 2. The van der Waals surface area contributed by atoms with Gasteiger partial charge in [0, 0.05) is 26.1 Å². The second-order valence-corrected chi connectivity index (χ2v) is 6.08. The summed E-state index contributed by atoms with van der Waals surface area (Å²) in [5, 5.41) is 5.84. The molecule has 2 rings (SSSR count). The normalized spacial score (nSPS) is 14.8. The zero-order chi connectivity index (χ0) is 17.4. The van der Waals surface area contributed by atoms with Crippen LogP contribution in [0.25, 0.3) is 0 Å². The first-order valence-electron chi connectivity index (χ1n) is 8.57. The molecule has 6 nitrogen and oxygen atoms in total. The highest BCUT2D eigenvalue weighted by molar-refractivity contribution is 5.93. The molecule has 132 valence electrons. The Bertz CT molecular complexity index is 556. The van der Waals surface area contributed by atoms with Gasteiger partial charge in [0.05, 0.1) is 12.8 Å². The van der Waals surface area contributed by atoms with Crippen LogP contribution >= 0.6 is 0 Å². The van der Waals surface area contributed by atoms with Crippen molar-refractivity contribution in [3.8, 4) is 5.75 Å². The van der Waals surface area contributed by atoms with Gasteiger partial charge in [0.25, 0.3) is 0 Å². The number of benzene rings is 1. The van der Waals surface area contributed by atoms with Crippen molar-refractivity contribution in [2.24, 2.45) is 0 Å². The molecule has 6 heteroatoms. The quantitative estimate of drug-likeness (QED) is 0.841. The molecular formula is C18H27N3O3. The summed E-state index contributed by atoms with van der Waals surface area (Å²) in [7, 11) is 1.58. The summed E-state index contributed by atoms with van der Waals surface area (Å²) < 4.78 is 5.31. The maximum atomic E-state index is 12.0. The Kier molecular flexibility index (Phi) is 6.90. The van der Waals surface area contributed by atoms with Gasteiger partial charge < -0.3 is 20.3 Å². The van der Waals surface area contributed by atoms with Crippen LogP contribution in [0.15, 0.2) is 24.3 Å². The van der Waals surface area contributed by atoms with Crippen LogP contribution < -0.4 is 20.3 Å². The van der Waals surface area contributed by atoms with Crippen LogP contribution in [-0.2, 0) is 4.79 Å². The molecule has 1 aliphatic carbocycles. The zero-order valence-electron chi connectivity index (χ0n) is 14.5. The molecule has 0 bridgehead atoms. The van der Waals surface area contributed by atoms with E-state index in [1.54, 1.807) is 12.0 Å². The molecule has 2 N–H and O–H groups in total. The van der Waals surface area contributed by atoms with Crippen LogP contribution in [0.1, 0.15) is 39.0 Å². The molecule has 24 heavy (non-hydrogen) atoms. The number of methoxy groups -OCH3 is 1. The second kappa shape index (κ2) is 9.15. The number of hydrogen-bond donors (Lipinski definition) is 2. The van der Waals surface area contributed by atoms with Crippen LogP contribution in [0.5, 0.6) is 5.75 Å². The van der Waals surface area contributed by atoms with Gasteiger partial charge in [-0.3, -0.25) is 4.79 Å². The van der Waals surface area contributed by atoms with Gasteiger partial charge in [-0.15, -0.1) is 0 Å². The highest BCUT2D eigenvalue weighted by atomic mass is 16.5. The van der Waals surface area contributed by atoms with E-state index in [0.717, 1.165) is 12.8 Å². The van der Waals surface area contributed by atoms with E-state index in [-0.39, 0.29) is 18.0 Å². The first-order valence-corrected chi connectivity index (χ1v) is 8.57. The summed E-state index contributed by atoms with van der Waals surface area (Å²) in [5.41, 5.74) is 0.710. The monoisotopic (exact) mass is 333 g/mol. The van der Waals surface area contributed by atoms with E-state index >= 15 is 0 Å². The third-order valence-corrected chi connectivity index (χ3v) is 4.32. The van der Waals surface area contributed by atoms with Crippen LogP contribution in [0.3, 0.4) is 0 Å². The van der Waals surface area contributed by atoms with Crippen LogP contribution in [0.4, 0.5) is 10.5 Å². The predicted octanol–water partition coefficient (Wildman–Crippen LogP) is 2.68. The minimum atomic E-state index is -0.162. The van der Waals surface area contributed by atoms with Crippen molar-refractivity contribution in [1.82, 2.24) is 10.6 Å². The molecule has 0 saturated heterocycles. The first kappa shape index (κ1) is 18.1. The topological polar surface area (TPSA) is 70.7 Å². The van der Waals surface area contributed by atoms with E-state index in [1.807, 2.05) is 24.3 Å². The van der Waals surface area contributed by atoms with Gasteiger partial charge in [0.1, 0.15) is 5.75 Å².